The molecule has 1 atom stereocenters. The Balaban J connectivity index is 1.92. The maximum absolute atomic E-state index is 12.7. The number of benzene rings is 2. The third-order valence-corrected chi connectivity index (χ3v) is 5.38. The van der Waals surface area contributed by atoms with Crippen LogP contribution in [0.5, 0.6) is 5.75 Å². The van der Waals surface area contributed by atoms with Crippen LogP contribution in [-0.2, 0) is 10.3 Å². The Morgan fingerprint density at radius 3 is 2.37 bits per heavy atom. The summed E-state index contributed by atoms with van der Waals surface area (Å²) in [4.78, 5) is 14.6. The van der Waals surface area contributed by atoms with Gasteiger partial charge in [-0.25, -0.2) is 4.79 Å². The summed E-state index contributed by atoms with van der Waals surface area (Å²) in [5.41, 5.74) is 1.51. The van der Waals surface area contributed by atoms with Crippen LogP contribution in [0.2, 0.25) is 0 Å². The summed E-state index contributed by atoms with van der Waals surface area (Å²) in [6.45, 7) is 2.61. The minimum absolute atomic E-state index is 0.280. The van der Waals surface area contributed by atoms with Gasteiger partial charge in [0.2, 0.25) is 0 Å². The Kier molecular flexibility index (Phi) is 6.38. The summed E-state index contributed by atoms with van der Waals surface area (Å²) in [5.74, 6) is 0.774. The molecule has 0 unspecified atom stereocenters. The average Bonchev–Trinajstić information content (AvgIpc) is 3.06. The van der Waals surface area contributed by atoms with Crippen molar-refractivity contribution in [2.75, 3.05) is 18.6 Å². The molecule has 0 N–H and O–H groups in total. The number of rotatable bonds is 9. The molecule has 27 heavy (non-hydrogen) atoms. The lowest BCUT2D eigenvalue weighted by molar-refractivity contribution is 0.171. The fraction of sp³-hybridized carbons (Fsp3) is 0.435. The number of ether oxygens (including phenoxy) is 2. The number of methoxy groups -OCH3 is 1. The smallest absolute Gasteiger partial charge is 0.415 e. The van der Waals surface area contributed by atoms with E-state index in [1.165, 1.54) is 25.7 Å². The standard InChI is InChI=1S/C23H29NO3/c1-3-4-5-6-10-17-23(19-11-8-7-9-12-19)18-27-22(25)24(23)20-13-15-21(26-2)16-14-20/h7-9,11-16H,3-6,10,17-18H2,1-2H3/t23-/m1/s1. The molecule has 1 fully saturated rings. The largest absolute Gasteiger partial charge is 0.497 e. The minimum Gasteiger partial charge on any atom is -0.497 e. The molecule has 0 aromatic heterocycles. The molecule has 0 bridgehead atoms. The monoisotopic (exact) mass is 367 g/mol. The maximum atomic E-state index is 12.7. The van der Waals surface area contributed by atoms with Crippen LogP contribution in [0.1, 0.15) is 51.0 Å². The summed E-state index contributed by atoms with van der Waals surface area (Å²) >= 11 is 0. The third kappa shape index (κ3) is 4.10. The first-order chi connectivity index (χ1) is 13.2. The third-order valence-electron chi connectivity index (χ3n) is 5.38. The van der Waals surface area contributed by atoms with Crippen molar-refractivity contribution < 1.29 is 14.3 Å². The van der Waals surface area contributed by atoms with E-state index in [0.717, 1.165) is 29.8 Å². The van der Waals surface area contributed by atoms with Crippen LogP contribution in [0.3, 0.4) is 0 Å². The van der Waals surface area contributed by atoms with E-state index in [2.05, 4.69) is 19.1 Å². The molecule has 144 valence electrons. The molecule has 2 aromatic carbocycles. The molecule has 0 saturated carbocycles. The van der Waals surface area contributed by atoms with Crippen LogP contribution < -0.4 is 9.64 Å². The fourth-order valence-corrected chi connectivity index (χ4v) is 3.88. The fourth-order valence-electron chi connectivity index (χ4n) is 3.88. The molecule has 1 aliphatic heterocycles. The van der Waals surface area contributed by atoms with E-state index < -0.39 is 5.54 Å². The number of unbranched alkanes of at least 4 members (excludes halogenated alkanes) is 4. The van der Waals surface area contributed by atoms with Crippen molar-refractivity contribution in [2.24, 2.45) is 0 Å². The average molecular weight is 367 g/mol. The lowest BCUT2D eigenvalue weighted by atomic mass is 9.84. The van der Waals surface area contributed by atoms with Crippen LogP contribution in [0, 0.1) is 0 Å². The van der Waals surface area contributed by atoms with Gasteiger partial charge in [0.25, 0.3) is 0 Å². The Labute approximate surface area is 162 Å². The molecule has 1 saturated heterocycles. The zero-order valence-corrected chi connectivity index (χ0v) is 16.3. The first-order valence-electron chi connectivity index (χ1n) is 9.88. The van der Waals surface area contributed by atoms with Crippen molar-refractivity contribution >= 4 is 11.8 Å². The molecule has 1 aliphatic rings. The number of hydrogen-bond acceptors (Lipinski definition) is 3. The zero-order valence-electron chi connectivity index (χ0n) is 16.3. The lowest BCUT2D eigenvalue weighted by Crippen LogP contribution is -2.45. The van der Waals surface area contributed by atoms with Crippen molar-refractivity contribution in [1.82, 2.24) is 0 Å². The van der Waals surface area contributed by atoms with Gasteiger partial charge in [0.15, 0.2) is 0 Å². The second-order valence-electron chi connectivity index (χ2n) is 7.15. The number of amides is 1. The van der Waals surface area contributed by atoms with Crippen molar-refractivity contribution in [2.45, 2.75) is 51.0 Å². The highest BCUT2D eigenvalue weighted by atomic mass is 16.6. The molecule has 1 heterocycles. The van der Waals surface area contributed by atoms with Gasteiger partial charge >= 0.3 is 6.09 Å². The molecule has 2 aromatic rings. The minimum atomic E-state index is -0.459. The highest BCUT2D eigenvalue weighted by molar-refractivity contribution is 5.92. The summed E-state index contributed by atoms with van der Waals surface area (Å²) in [6, 6.07) is 17.9. The normalized spacial score (nSPS) is 19.2. The van der Waals surface area contributed by atoms with Crippen LogP contribution in [0.15, 0.2) is 54.6 Å². The van der Waals surface area contributed by atoms with Gasteiger partial charge in [-0.15, -0.1) is 0 Å². The summed E-state index contributed by atoms with van der Waals surface area (Å²) in [5, 5.41) is 0. The summed E-state index contributed by atoms with van der Waals surface area (Å²) in [6.07, 6.45) is 6.57. The van der Waals surface area contributed by atoms with Gasteiger partial charge < -0.3 is 9.47 Å². The predicted molar refractivity (Wildman–Crippen MR) is 108 cm³/mol. The number of hydrogen-bond donors (Lipinski definition) is 0. The SMILES string of the molecule is CCCCCCC[C@]1(c2ccccc2)COC(=O)N1c1ccc(OC)cc1. The number of carbonyl (C=O) groups is 1. The van der Waals surface area contributed by atoms with E-state index in [-0.39, 0.29) is 6.09 Å². The first kappa shape index (κ1) is 19.3. The van der Waals surface area contributed by atoms with E-state index in [4.69, 9.17) is 9.47 Å². The van der Waals surface area contributed by atoms with Crippen LogP contribution >= 0.6 is 0 Å². The van der Waals surface area contributed by atoms with Crippen LogP contribution in [0.25, 0.3) is 0 Å². The molecule has 0 radical (unpaired) electrons. The molecule has 0 spiro atoms. The van der Waals surface area contributed by atoms with Gasteiger partial charge in [0.1, 0.15) is 17.9 Å². The van der Waals surface area contributed by atoms with Crippen molar-refractivity contribution in [3.8, 4) is 5.75 Å². The molecular formula is C23H29NO3. The topological polar surface area (TPSA) is 38.8 Å². The first-order valence-corrected chi connectivity index (χ1v) is 9.88. The Morgan fingerprint density at radius 2 is 1.70 bits per heavy atom. The Hall–Kier alpha value is -2.49. The van der Waals surface area contributed by atoms with E-state index in [1.807, 2.05) is 47.4 Å². The highest BCUT2D eigenvalue weighted by Crippen LogP contribution is 2.42. The molecule has 4 heteroatoms. The van der Waals surface area contributed by atoms with E-state index in [1.54, 1.807) is 7.11 Å². The van der Waals surface area contributed by atoms with Crippen molar-refractivity contribution in [3.05, 3.63) is 60.2 Å². The number of nitrogens with zero attached hydrogens (tertiary/aromatic N) is 1. The number of cyclic esters (lactones) is 1. The molecule has 0 aliphatic carbocycles. The van der Waals surface area contributed by atoms with Gasteiger partial charge in [0, 0.05) is 5.69 Å². The van der Waals surface area contributed by atoms with Gasteiger partial charge in [-0.3, -0.25) is 4.90 Å². The second-order valence-corrected chi connectivity index (χ2v) is 7.15. The van der Waals surface area contributed by atoms with Crippen molar-refractivity contribution in [1.29, 1.82) is 0 Å². The van der Waals surface area contributed by atoms with E-state index in [0.29, 0.717) is 6.61 Å². The zero-order chi connectivity index (χ0) is 19.1. The molecule has 3 rings (SSSR count). The van der Waals surface area contributed by atoms with Gasteiger partial charge in [-0.2, -0.15) is 0 Å². The Morgan fingerprint density at radius 1 is 1.00 bits per heavy atom. The van der Waals surface area contributed by atoms with Crippen molar-refractivity contribution in [3.63, 3.8) is 0 Å². The summed E-state index contributed by atoms with van der Waals surface area (Å²) < 4.78 is 10.8. The second kappa shape index (κ2) is 8.94. The summed E-state index contributed by atoms with van der Waals surface area (Å²) in [7, 11) is 1.64. The lowest BCUT2D eigenvalue weighted by Gasteiger charge is -2.36. The maximum Gasteiger partial charge on any atom is 0.415 e. The number of carbonyl (C=O) groups excluding carboxylic acids is 1. The number of anilines is 1. The van der Waals surface area contributed by atoms with Crippen LogP contribution in [-0.4, -0.2) is 19.8 Å². The van der Waals surface area contributed by atoms with E-state index >= 15 is 0 Å². The molecule has 4 nitrogen and oxygen atoms in total. The molecular weight excluding hydrogens is 338 g/mol. The van der Waals surface area contributed by atoms with Gasteiger partial charge in [-0.05, 0) is 36.2 Å². The van der Waals surface area contributed by atoms with Crippen LogP contribution in [0.4, 0.5) is 10.5 Å². The molecule has 1 amide bonds. The Bertz CT molecular complexity index is 729. The highest BCUT2D eigenvalue weighted by Gasteiger charge is 2.49. The van der Waals surface area contributed by atoms with Gasteiger partial charge in [0.05, 0.1) is 7.11 Å². The predicted octanol–water partition coefficient (Wildman–Crippen LogP) is 5.91. The van der Waals surface area contributed by atoms with Gasteiger partial charge in [-0.1, -0.05) is 69.4 Å². The van der Waals surface area contributed by atoms with E-state index in [9.17, 15) is 4.79 Å². The quantitative estimate of drug-likeness (QED) is 0.517.